The maximum atomic E-state index is 11.3. The van der Waals surface area contributed by atoms with E-state index >= 15 is 0 Å². The van der Waals surface area contributed by atoms with E-state index in [4.69, 9.17) is 10.5 Å². The third-order valence-electron chi connectivity index (χ3n) is 2.31. The zero-order valence-electron chi connectivity index (χ0n) is 12.6. The molecule has 20 heavy (non-hydrogen) atoms. The molecular formula is C13H25N3O4. The van der Waals surface area contributed by atoms with Crippen LogP contribution in [0.2, 0.25) is 0 Å². The predicted molar refractivity (Wildman–Crippen MR) is 74.9 cm³/mol. The molecule has 7 heteroatoms. The molecule has 0 heterocycles. The molecule has 0 aromatic rings. The maximum absolute atomic E-state index is 11.3. The molecule has 4 N–H and O–H groups in total. The van der Waals surface area contributed by atoms with Gasteiger partial charge < -0.3 is 21.1 Å². The van der Waals surface area contributed by atoms with Crippen LogP contribution in [0, 0.1) is 0 Å². The lowest BCUT2D eigenvalue weighted by molar-refractivity contribution is -0.126. The van der Waals surface area contributed by atoms with Crippen molar-refractivity contribution >= 4 is 17.9 Å². The molecule has 7 nitrogen and oxygen atoms in total. The zero-order chi connectivity index (χ0) is 15.8. The van der Waals surface area contributed by atoms with E-state index < -0.39 is 23.6 Å². The van der Waals surface area contributed by atoms with E-state index in [9.17, 15) is 14.4 Å². The molecule has 0 saturated carbocycles. The number of amides is 3. The zero-order valence-corrected chi connectivity index (χ0v) is 12.6. The lowest BCUT2D eigenvalue weighted by Crippen LogP contribution is -2.43. The summed E-state index contributed by atoms with van der Waals surface area (Å²) in [5.41, 5.74) is 4.65. The van der Waals surface area contributed by atoms with Gasteiger partial charge in [0.25, 0.3) is 0 Å². The monoisotopic (exact) mass is 287 g/mol. The highest BCUT2D eigenvalue weighted by Crippen LogP contribution is 2.06. The van der Waals surface area contributed by atoms with Gasteiger partial charge in [0, 0.05) is 13.5 Å². The van der Waals surface area contributed by atoms with E-state index in [-0.39, 0.29) is 5.91 Å². The van der Waals surface area contributed by atoms with Crippen molar-refractivity contribution in [3.05, 3.63) is 0 Å². The first kappa shape index (κ1) is 18.2. The third kappa shape index (κ3) is 10.2. The van der Waals surface area contributed by atoms with Gasteiger partial charge in [0.15, 0.2) is 0 Å². The molecule has 0 aromatic heterocycles. The Kier molecular flexibility index (Phi) is 7.64. The van der Waals surface area contributed by atoms with Crippen molar-refractivity contribution in [2.75, 3.05) is 6.54 Å². The number of carbonyl (C=O) groups excluding carboxylic acids is 3. The Labute approximate surface area is 119 Å². The number of ether oxygens (including phenoxy) is 1. The van der Waals surface area contributed by atoms with Crippen LogP contribution in [0.5, 0.6) is 0 Å². The van der Waals surface area contributed by atoms with Crippen molar-refractivity contribution in [1.29, 1.82) is 0 Å². The van der Waals surface area contributed by atoms with Crippen molar-refractivity contribution in [2.24, 2.45) is 5.73 Å². The van der Waals surface area contributed by atoms with E-state index in [1.165, 1.54) is 6.92 Å². The van der Waals surface area contributed by atoms with Crippen LogP contribution < -0.4 is 16.4 Å². The van der Waals surface area contributed by atoms with Gasteiger partial charge in [0.1, 0.15) is 11.6 Å². The normalized spacial score (nSPS) is 12.4. The van der Waals surface area contributed by atoms with Crippen molar-refractivity contribution in [1.82, 2.24) is 10.6 Å². The molecule has 1 atom stereocenters. The number of nitrogens with one attached hydrogen (secondary N) is 2. The second-order valence-electron chi connectivity index (χ2n) is 5.58. The topological polar surface area (TPSA) is 111 Å². The van der Waals surface area contributed by atoms with Crippen molar-refractivity contribution in [3.8, 4) is 0 Å². The second-order valence-corrected chi connectivity index (χ2v) is 5.58. The minimum atomic E-state index is -0.658. The molecule has 0 bridgehead atoms. The summed E-state index contributed by atoms with van der Waals surface area (Å²) in [5, 5.41) is 5.10. The minimum absolute atomic E-state index is 0.291. The van der Waals surface area contributed by atoms with Crippen LogP contribution >= 0.6 is 0 Å². The van der Waals surface area contributed by atoms with Crippen molar-refractivity contribution in [2.45, 2.75) is 58.6 Å². The number of rotatable bonds is 7. The average Bonchev–Trinajstić information content (AvgIpc) is 2.23. The number of unbranched alkanes of at least 4 members (excludes halogenated alkanes) is 1. The molecule has 0 saturated heterocycles. The quantitative estimate of drug-likeness (QED) is 0.598. The number of primary amides is 1. The Bertz CT molecular complexity index is 350. The first-order chi connectivity index (χ1) is 9.11. The molecule has 116 valence electrons. The molecular weight excluding hydrogens is 262 g/mol. The lowest BCUT2D eigenvalue weighted by Gasteiger charge is -2.19. The van der Waals surface area contributed by atoms with Crippen LogP contribution in [0.4, 0.5) is 4.79 Å². The predicted octanol–water partition coefficient (Wildman–Crippen LogP) is 0.671. The third-order valence-corrected chi connectivity index (χ3v) is 2.31. The van der Waals surface area contributed by atoms with Gasteiger partial charge in [-0.25, -0.2) is 4.79 Å². The molecule has 0 aliphatic carbocycles. The summed E-state index contributed by atoms with van der Waals surface area (Å²) in [6, 6.07) is -0.658. The van der Waals surface area contributed by atoms with Crippen LogP contribution in [0.25, 0.3) is 0 Å². The Morgan fingerprint density at radius 3 is 2.25 bits per heavy atom. The molecule has 0 aromatic carbocycles. The molecule has 0 fully saturated rings. The summed E-state index contributed by atoms with van der Waals surface area (Å²) in [7, 11) is 0. The lowest BCUT2D eigenvalue weighted by atomic mass is 10.1. The fourth-order valence-corrected chi connectivity index (χ4v) is 1.51. The Hall–Kier alpha value is -1.79. The van der Waals surface area contributed by atoms with E-state index in [1.807, 2.05) is 0 Å². The molecule has 0 radical (unpaired) electrons. The largest absolute Gasteiger partial charge is 0.444 e. The van der Waals surface area contributed by atoms with Crippen LogP contribution in [-0.4, -0.2) is 36.1 Å². The van der Waals surface area contributed by atoms with Gasteiger partial charge in [0.2, 0.25) is 11.8 Å². The van der Waals surface area contributed by atoms with Gasteiger partial charge in [-0.05, 0) is 40.0 Å². The van der Waals surface area contributed by atoms with Gasteiger partial charge >= 0.3 is 6.09 Å². The highest BCUT2D eigenvalue weighted by Gasteiger charge is 2.17. The average molecular weight is 287 g/mol. The number of alkyl carbamates (subject to hydrolysis) is 1. The first-order valence-corrected chi connectivity index (χ1v) is 6.65. The van der Waals surface area contributed by atoms with Crippen LogP contribution in [0.1, 0.15) is 47.0 Å². The van der Waals surface area contributed by atoms with Crippen molar-refractivity contribution in [3.63, 3.8) is 0 Å². The molecule has 0 aliphatic heterocycles. The number of carbonyl (C=O) groups is 3. The Morgan fingerprint density at radius 1 is 1.20 bits per heavy atom. The summed E-state index contributed by atoms with van der Waals surface area (Å²) in [6.45, 7) is 7.15. The SMILES string of the molecule is CC(=O)NC(CCCCNC(=O)OC(C)(C)C)C(N)=O. The number of hydrogen-bond acceptors (Lipinski definition) is 4. The van der Waals surface area contributed by atoms with Gasteiger partial charge in [-0.3, -0.25) is 9.59 Å². The van der Waals surface area contributed by atoms with E-state index in [2.05, 4.69) is 10.6 Å². The molecule has 3 amide bonds. The maximum Gasteiger partial charge on any atom is 0.407 e. The summed E-state index contributed by atoms with van der Waals surface area (Å²) < 4.78 is 5.08. The van der Waals surface area contributed by atoms with E-state index in [1.54, 1.807) is 20.8 Å². The first-order valence-electron chi connectivity index (χ1n) is 6.65. The highest BCUT2D eigenvalue weighted by molar-refractivity contribution is 5.85. The fraction of sp³-hybridized carbons (Fsp3) is 0.769. The second kappa shape index (κ2) is 8.39. The van der Waals surface area contributed by atoms with Crippen molar-refractivity contribution < 1.29 is 19.1 Å². The smallest absolute Gasteiger partial charge is 0.407 e. The van der Waals surface area contributed by atoms with Crippen LogP contribution in [0.15, 0.2) is 0 Å². The summed E-state index contributed by atoms with van der Waals surface area (Å²) in [6.07, 6.45) is 1.31. The highest BCUT2D eigenvalue weighted by atomic mass is 16.6. The van der Waals surface area contributed by atoms with Gasteiger partial charge in [0.05, 0.1) is 0 Å². The van der Waals surface area contributed by atoms with E-state index in [0.29, 0.717) is 25.8 Å². The summed E-state index contributed by atoms with van der Waals surface area (Å²) in [4.78, 5) is 33.3. The number of hydrogen-bond donors (Lipinski definition) is 3. The molecule has 0 aliphatic rings. The van der Waals surface area contributed by atoms with Crippen LogP contribution in [-0.2, 0) is 14.3 Å². The fourth-order valence-electron chi connectivity index (χ4n) is 1.51. The molecule has 0 rings (SSSR count). The summed E-state index contributed by atoms with van der Waals surface area (Å²) >= 11 is 0. The Balaban J connectivity index is 3.82. The van der Waals surface area contributed by atoms with E-state index in [0.717, 1.165) is 0 Å². The molecule has 0 spiro atoms. The standard InChI is InChI=1S/C13H25N3O4/c1-9(17)16-10(11(14)18)7-5-6-8-15-12(19)20-13(2,3)4/h10H,5-8H2,1-4H3,(H2,14,18)(H,15,19)(H,16,17). The summed E-state index contributed by atoms with van der Waals surface area (Å²) in [5.74, 6) is -0.846. The number of nitrogens with two attached hydrogens (primary N) is 1. The van der Waals surface area contributed by atoms with Gasteiger partial charge in [-0.2, -0.15) is 0 Å². The van der Waals surface area contributed by atoms with Gasteiger partial charge in [-0.15, -0.1) is 0 Å². The molecule has 1 unspecified atom stereocenters. The van der Waals surface area contributed by atoms with Crippen LogP contribution in [0.3, 0.4) is 0 Å². The minimum Gasteiger partial charge on any atom is -0.444 e. The van der Waals surface area contributed by atoms with Gasteiger partial charge in [-0.1, -0.05) is 0 Å². The Morgan fingerprint density at radius 2 is 1.80 bits per heavy atom.